The fourth-order valence-electron chi connectivity index (χ4n) is 1.83. The Morgan fingerprint density at radius 3 is 2.81 bits per heavy atom. The lowest BCUT2D eigenvalue weighted by Gasteiger charge is -2.02. The molecule has 0 amide bonds. The van der Waals surface area contributed by atoms with Crippen molar-refractivity contribution in [1.82, 2.24) is 4.98 Å². The molecule has 106 valence electrons. The predicted octanol–water partition coefficient (Wildman–Crippen LogP) is 5.18. The minimum atomic E-state index is -1.16. The minimum Gasteiger partial charge on any atom is -0.476 e. The fraction of sp³-hybridized carbons (Fsp3) is 0. The zero-order valence-corrected chi connectivity index (χ0v) is 13.5. The third kappa shape index (κ3) is 2.74. The Bertz CT molecular complexity index is 814. The lowest BCUT2D eigenvalue weighted by atomic mass is 10.1. The number of oxazole rings is 1. The number of rotatable bonds is 3. The molecule has 0 radical (unpaired) electrons. The van der Waals surface area contributed by atoms with E-state index in [4.69, 9.17) is 16.0 Å². The Labute approximate surface area is 137 Å². The Hall–Kier alpha value is -1.63. The largest absolute Gasteiger partial charge is 0.476 e. The Balaban J connectivity index is 2.19. The van der Waals surface area contributed by atoms with Crippen LogP contribution in [0.5, 0.6) is 0 Å². The van der Waals surface area contributed by atoms with E-state index < -0.39 is 5.97 Å². The molecule has 0 bridgehead atoms. The number of carbonyl (C=O) groups is 1. The molecular formula is C14H7BrClNO3S. The number of benzene rings is 1. The van der Waals surface area contributed by atoms with Crippen molar-refractivity contribution in [2.45, 2.75) is 0 Å². The average molecular weight is 385 g/mol. The second-order valence-corrected chi connectivity index (χ2v) is 6.37. The SMILES string of the molecule is O=C(O)c1nc(-c2cccs2)oc1-c1ccc(Br)cc1Cl. The van der Waals surface area contributed by atoms with Gasteiger partial charge in [0.1, 0.15) is 0 Å². The van der Waals surface area contributed by atoms with Gasteiger partial charge in [-0.1, -0.05) is 33.6 Å². The summed E-state index contributed by atoms with van der Waals surface area (Å²) < 4.78 is 6.44. The van der Waals surface area contributed by atoms with Gasteiger partial charge in [-0.3, -0.25) is 0 Å². The van der Waals surface area contributed by atoms with E-state index >= 15 is 0 Å². The Morgan fingerprint density at radius 2 is 2.19 bits per heavy atom. The molecule has 0 aliphatic heterocycles. The highest BCUT2D eigenvalue weighted by molar-refractivity contribution is 9.10. The van der Waals surface area contributed by atoms with E-state index in [2.05, 4.69) is 20.9 Å². The number of carboxylic acid groups (broad SMARTS) is 1. The van der Waals surface area contributed by atoms with Gasteiger partial charge in [-0.25, -0.2) is 9.78 Å². The average Bonchev–Trinajstić information content (AvgIpc) is 3.07. The van der Waals surface area contributed by atoms with Crippen LogP contribution in [0, 0.1) is 0 Å². The van der Waals surface area contributed by atoms with Crippen LogP contribution >= 0.6 is 38.9 Å². The van der Waals surface area contributed by atoms with Gasteiger partial charge in [0.25, 0.3) is 0 Å². The van der Waals surface area contributed by atoms with Crippen LogP contribution in [0.25, 0.3) is 22.1 Å². The van der Waals surface area contributed by atoms with E-state index in [1.165, 1.54) is 11.3 Å². The standard InChI is InChI=1S/C14H7BrClNO3S/c15-7-3-4-8(9(16)6-7)12-11(14(18)19)17-13(20-12)10-2-1-5-21-10/h1-6H,(H,18,19). The number of aromatic carboxylic acids is 1. The second-order valence-electron chi connectivity index (χ2n) is 4.10. The molecule has 0 saturated heterocycles. The van der Waals surface area contributed by atoms with Crippen LogP contribution in [0.3, 0.4) is 0 Å². The maximum atomic E-state index is 11.4. The highest BCUT2D eigenvalue weighted by atomic mass is 79.9. The van der Waals surface area contributed by atoms with Crippen LogP contribution in [0.15, 0.2) is 44.6 Å². The molecule has 2 aromatic heterocycles. The van der Waals surface area contributed by atoms with Gasteiger partial charge in [-0.15, -0.1) is 11.3 Å². The summed E-state index contributed by atoms with van der Waals surface area (Å²) in [6.07, 6.45) is 0. The number of nitrogens with zero attached hydrogens (tertiary/aromatic N) is 1. The number of aromatic nitrogens is 1. The molecule has 0 atom stereocenters. The van der Waals surface area contributed by atoms with Gasteiger partial charge in [0, 0.05) is 10.0 Å². The molecule has 0 fully saturated rings. The lowest BCUT2D eigenvalue weighted by Crippen LogP contribution is -1.99. The van der Waals surface area contributed by atoms with Gasteiger partial charge in [0.2, 0.25) is 5.89 Å². The minimum absolute atomic E-state index is 0.150. The van der Waals surface area contributed by atoms with Gasteiger partial charge in [-0.2, -0.15) is 0 Å². The first kappa shape index (κ1) is 14.3. The smallest absolute Gasteiger partial charge is 0.358 e. The van der Waals surface area contributed by atoms with Crippen molar-refractivity contribution in [3.8, 4) is 22.1 Å². The van der Waals surface area contributed by atoms with Gasteiger partial charge < -0.3 is 9.52 Å². The van der Waals surface area contributed by atoms with Crippen LogP contribution in [0.1, 0.15) is 10.5 Å². The van der Waals surface area contributed by atoms with Gasteiger partial charge in [0.15, 0.2) is 11.5 Å². The number of halogens is 2. The van der Waals surface area contributed by atoms with E-state index in [9.17, 15) is 9.90 Å². The molecule has 0 saturated carbocycles. The molecule has 0 spiro atoms. The lowest BCUT2D eigenvalue weighted by molar-refractivity contribution is 0.0691. The molecule has 0 aliphatic carbocycles. The monoisotopic (exact) mass is 383 g/mol. The zero-order chi connectivity index (χ0) is 15.0. The van der Waals surface area contributed by atoms with Crippen molar-refractivity contribution in [3.63, 3.8) is 0 Å². The van der Waals surface area contributed by atoms with Crippen molar-refractivity contribution < 1.29 is 14.3 Å². The molecule has 7 heteroatoms. The molecular weight excluding hydrogens is 378 g/mol. The highest BCUT2D eigenvalue weighted by Gasteiger charge is 2.23. The summed E-state index contributed by atoms with van der Waals surface area (Å²) in [6, 6.07) is 8.79. The van der Waals surface area contributed by atoms with Gasteiger partial charge >= 0.3 is 5.97 Å². The van der Waals surface area contributed by atoms with Crippen molar-refractivity contribution >= 4 is 44.8 Å². The van der Waals surface area contributed by atoms with E-state index in [-0.39, 0.29) is 17.3 Å². The topological polar surface area (TPSA) is 63.3 Å². The second kappa shape index (κ2) is 5.63. The van der Waals surface area contributed by atoms with Gasteiger partial charge in [-0.05, 0) is 29.6 Å². The molecule has 1 N–H and O–H groups in total. The maximum absolute atomic E-state index is 11.4. The highest BCUT2D eigenvalue weighted by Crippen LogP contribution is 2.36. The van der Waals surface area contributed by atoms with Crippen molar-refractivity contribution in [3.05, 3.63) is 50.9 Å². The Kier molecular flexibility index (Phi) is 3.84. The molecule has 0 unspecified atom stereocenters. The van der Waals surface area contributed by atoms with Crippen LogP contribution in [0.4, 0.5) is 0 Å². The summed E-state index contributed by atoms with van der Waals surface area (Å²) in [5.74, 6) is -0.727. The van der Waals surface area contributed by atoms with E-state index in [0.29, 0.717) is 10.6 Å². The summed E-state index contributed by atoms with van der Waals surface area (Å²) in [4.78, 5) is 16.2. The third-order valence-electron chi connectivity index (χ3n) is 2.74. The Morgan fingerprint density at radius 1 is 1.38 bits per heavy atom. The molecule has 2 heterocycles. The van der Waals surface area contributed by atoms with Crippen molar-refractivity contribution in [1.29, 1.82) is 0 Å². The fourth-order valence-corrected chi connectivity index (χ4v) is 3.24. The van der Waals surface area contributed by atoms with Crippen LogP contribution in [-0.4, -0.2) is 16.1 Å². The van der Waals surface area contributed by atoms with Crippen molar-refractivity contribution in [2.24, 2.45) is 0 Å². The number of carboxylic acids is 1. The maximum Gasteiger partial charge on any atom is 0.358 e. The first-order valence-electron chi connectivity index (χ1n) is 5.79. The van der Waals surface area contributed by atoms with Crippen LogP contribution in [-0.2, 0) is 0 Å². The summed E-state index contributed by atoms with van der Waals surface area (Å²) in [5, 5.41) is 11.6. The summed E-state index contributed by atoms with van der Waals surface area (Å²) in [6.45, 7) is 0. The molecule has 0 aliphatic rings. The third-order valence-corrected chi connectivity index (χ3v) is 4.40. The quantitative estimate of drug-likeness (QED) is 0.675. The summed E-state index contributed by atoms with van der Waals surface area (Å²) >= 11 is 10.9. The van der Waals surface area contributed by atoms with Crippen LogP contribution in [0.2, 0.25) is 5.02 Å². The van der Waals surface area contributed by atoms with E-state index in [1.54, 1.807) is 18.2 Å². The summed E-state index contributed by atoms with van der Waals surface area (Å²) in [5.41, 5.74) is 0.343. The normalized spacial score (nSPS) is 10.8. The first-order chi connectivity index (χ1) is 10.1. The summed E-state index contributed by atoms with van der Waals surface area (Å²) in [7, 11) is 0. The first-order valence-corrected chi connectivity index (χ1v) is 7.84. The van der Waals surface area contributed by atoms with E-state index in [0.717, 1.165) is 9.35 Å². The zero-order valence-electron chi connectivity index (χ0n) is 10.3. The molecule has 4 nitrogen and oxygen atoms in total. The molecule has 21 heavy (non-hydrogen) atoms. The predicted molar refractivity (Wildman–Crippen MR) is 84.9 cm³/mol. The molecule has 3 rings (SSSR count). The van der Waals surface area contributed by atoms with Crippen LogP contribution < -0.4 is 0 Å². The van der Waals surface area contributed by atoms with Crippen molar-refractivity contribution in [2.75, 3.05) is 0 Å². The molecule has 3 aromatic rings. The molecule has 1 aromatic carbocycles. The number of hydrogen-bond acceptors (Lipinski definition) is 4. The number of thiophene rings is 1. The number of hydrogen-bond donors (Lipinski definition) is 1. The van der Waals surface area contributed by atoms with E-state index in [1.807, 2.05) is 17.5 Å². The van der Waals surface area contributed by atoms with Gasteiger partial charge in [0.05, 0.1) is 9.90 Å².